The van der Waals surface area contributed by atoms with Gasteiger partial charge in [-0.3, -0.25) is 0 Å². The molecule has 0 fully saturated rings. The molecular weight excluding hydrogens is 188 g/mol. The van der Waals surface area contributed by atoms with Gasteiger partial charge in [-0.25, -0.2) is 4.98 Å². The average Bonchev–Trinajstić information content (AvgIpc) is 2.70. The molecule has 0 aliphatic carbocycles. The van der Waals surface area contributed by atoms with Crippen molar-refractivity contribution < 1.29 is 4.42 Å². The topological polar surface area (TPSA) is 38.1 Å². The lowest BCUT2D eigenvalue weighted by Gasteiger charge is -2.11. The number of rotatable bonds is 3. The standard InChI is InChI=1S/C12H14N2O/c1-9-5-6-13-12(8-9)14-10(2)11-4-3-7-15-11/h3-8,10H,1-2H3,(H,13,14). The van der Waals surface area contributed by atoms with Crippen LogP contribution in [0.25, 0.3) is 0 Å². The smallest absolute Gasteiger partial charge is 0.126 e. The van der Waals surface area contributed by atoms with E-state index in [1.807, 2.05) is 38.1 Å². The van der Waals surface area contributed by atoms with Crippen LogP contribution >= 0.6 is 0 Å². The molecule has 0 bridgehead atoms. The molecule has 0 aromatic carbocycles. The first kappa shape index (κ1) is 9.77. The second-order valence-electron chi connectivity index (χ2n) is 3.60. The van der Waals surface area contributed by atoms with Crippen molar-refractivity contribution in [3.05, 3.63) is 48.0 Å². The number of aryl methyl sites for hydroxylation is 1. The first-order chi connectivity index (χ1) is 7.25. The fourth-order valence-electron chi connectivity index (χ4n) is 1.45. The van der Waals surface area contributed by atoms with Crippen LogP contribution in [0.15, 0.2) is 41.1 Å². The molecule has 2 aromatic rings. The van der Waals surface area contributed by atoms with E-state index in [4.69, 9.17) is 4.42 Å². The predicted molar refractivity (Wildman–Crippen MR) is 59.7 cm³/mol. The molecule has 3 heteroatoms. The molecule has 0 radical (unpaired) electrons. The summed E-state index contributed by atoms with van der Waals surface area (Å²) < 4.78 is 5.31. The maximum Gasteiger partial charge on any atom is 0.126 e. The van der Waals surface area contributed by atoms with Gasteiger partial charge in [0.15, 0.2) is 0 Å². The molecule has 2 aromatic heterocycles. The molecule has 0 spiro atoms. The summed E-state index contributed by atoms with van der Waals surface area (Å²) in [5.41, 5.74) is 1.19. The number of aromatic nitrogens is 1. The van der Waals surface area contributed by atoms with Crippen molar-refractivity contribution in [2.45, 2.75) is 19.9 Å². The lowest BCUT2D eigenvalue weighted by Crippen LogP contribution is -2.06. The van der Waals surface area contributed by atoms with Gasteiger partial charge in [0, 0.05) is 6.20 Å². The van der Waals surface area contributed by atoms with Crippen LogP contribution in [0.1, 0.15) is 24.3 Å². The Bertz CT molecular complexity index is 423. The third-order valence-electron chi connectivity index (χ3n) is 2.25. The molecule has 1 N–H and O–H groups in total. The van der Waals surface area contributed by atoms with Gasteiger partial charge in [-0.2, -0.15) is 0 Å². The molecule has 1 atom stereocenters. The maximum atomic E-state index is 5.31. The fourth-order valence-corrected chi connectivity index (χ4v) is 1.45. The average molecular weight is 202 g/mol. The largest absolute Gasteiger partial charge is 0.467 e. The monoisotopic (exact) mass is 202 g/mol. The van der Waals surface area contributed by atoms with Crippen LogP contribution in [0, 0.1) is 6.92 Å². The highest BCUT2D eigenvalue weighted by Crippen LogP contribution is 2.18. The summed E-state index contributed by atoms with van der Waals surface area (Å²) in [6.07, 6.45) is 3.48. The summed E-state index contributed by atoms with van der Waals surface area (Å²) >= 11 is 0. The van der Waals surface area contributed by atoms with Gasteiger partial charge in [-0.15, -0.1) is 0 Å². The summed E-state index contributed by atoms with van der Waals surface area (Å²) in [6.45, 7) is 4.09. The fraction of sp³-hybridized carbons (Fsp3) is 0.250. The number of hydrogen-bond donors (Lipinski definition) is 1. The molecular formula is C12H14N2O. The van der Waals surface area contributed by atoms with Crippen LogP contribution in [0.5, 0.6) is 0 Å². The predicted octanol–water partition coefficient (Wildman–Crippen LogP) is 3.16. The Hall–Kier alpha value is -1.77. The normalized spacial score (nSPS) is 12.4. The van der Waals surface area contributed by atoms with Crippen LogP contribution in [-0.4, -0.2) is 4.98 Å². The van der Waals surface area contributed by atoms with Crippen LogP contribution < -0.4 is 5.32 Å². The molecule has 3 nitrogen and oxygen atoms in total. The summed E-state index contributed by atoms with van der Waals surface area (Å²) in [5, 5.41) is 3.28. The molecule has 0 aliphatic heterocycles. The summed E-state index contributed by atoms with van der Waals surface area (Å²) in [6, 6.07) is 7.96. The molecule has 2 heterocycles. The highest BCUT2D eigenvalue weighted by atomic mass is 16.3. The molecule has 0 aliphatic rings. The van der Waals surface area contributed by atoms with Crippen molar-refractivity contribution in [3.63, 3.8) is 0 Å². The zero-order valence-electron chi connectivity index (χ0n) is 8.90. The second-order valence-corrected chi connectivity index (χ2v) is 3.60. The molecule has 1 unspecified atom stereocenters. The molecule has 0 saturated heterocycles. The lowest BCUT2D eigenvalue weighted by atomic mass is 10.2. The van der Waals surface area contributed by atoms with Gasteiger partial charge >= 0.3 is 0 Å². The first-order valence-corrected chi connectivity index (χ1v) is 4.98. The van der Waals surface area contributed by atoms with Crippen LogP contribution in [0.3, 0.4) is 0 Å². The number of hydrogen-bond acceptors (Lipinski definition) is 3. The van der Waals surface area contributed by atoms with Gasteiger partial charge in [-0.1, -0.05) is 0 Å². The zero-order valence-corrected chi connectivity index (χ0v) is 8.90. The number of nitrogens with one attached hydrogen (secondary N) is 1. The molecule has 0 amide bonds. The Labute approximate surface area is 89.1 Å². The Balaban J connectivity index is 2.09. The van der Waals surface area contributed by atoms with Gasteiger partial charge in [0.05, 0.1) is 12.3 Å². The Morgan fingerprint density at radius 1 is 1.40 bits per heavy atom. The summed E-state index contributed by atoms with van der Waals surface area (Å²) in [4.78, 5) is 4.24. The number of furan rings is 1. The van der Waals surface area contributed by atoms with Gasteiger partial charge in [0.25, 0.3) is 0 Å². The van der Waals surface area contributed by atoms with E-state index < -0.39 is 0 Å². The van der Waals surface area contributed by atoms with Crippen molar-refractivity contribution in [1.29, 1.82) is 0 Å². The van der Waals surface area contributed by atoms with E-state index in [0.29, 0.717) is 0 Å². The van der Waals surface area contributed by atoms with E-state index in [9.17, 15) is 0 Å². The Morgan fingerprint density at radius 2 is 2.27 bits per heavy atom. The number of pyridine rings is 1. The van der Waals surface area contributed by atoms with Gasteiger partial charge in [-0.05, 0) is 43.7 Å². The minimum Gasteiger partial charge on any atom is -0.467 e. The van der Waals surface area contributed by atoms with Crippen LogP contribution in [0.2, 0.25) is 0 Å². The number of anilines is 1. The van der Waals surface area contributed by atoms with E-state index in [0.717, 1.165) is 11.6 Å². The minimum atomic E-state index is 0.134. The highest BCUT2D eigenvalue weighted by molar-refractivity contribution is 5.38. The van der Waals surface area contributed by atoms with Crippen molar-refractivity contribution in [3.8, 4) is 0 Å². The van der Waals surface area contributed by atoms with Gasteiger partial charge < -0.3 is 9.73 Å². The summed E-state index contributed by atoms with van der Waals surface area (Å²) in [7, 11) is 0. The summed E-state index contributed by atoms with van der Waals surface area (Å²) in [5.74, 6) is 1.79. The second kappa shape index (κ2) is 4.17. The van der Waals surface area contributed by atoms with E-state index in [1.54, 1.807) is 12.5 Å². The first-order valence-electron chi connectivity index (χ1n) is 4.98. The van der Waals surface area contributed by atoms with Crippen LogP contribution in [-0.2, 0) is 0 Å². The molecule has 15 heavy (non-hydrogen) atoms. The van der Waals surface area contributed by atoms with E-state index >= 15 is 0 Å². The zero-order chi connectivity index (χ0) is 10.7. The molecule has 2 rings (SSSR count). The number of nitrogens with zero attached hydrogens (tertiary/aromatic N) is 1. The van der Waals surface area contributed by atoms with Crippen molar-refractivity contribution in [2.24, 2.45) is 0 Å². The van der Waals surface area contributed by atoms with Crippen LogP contribution in [0.4, 0.5) is 5.82 Å². The van der Waals surface area contributed by atoms with E-state index in [2.05, 4.69) is 10.3 Å². The van der Waals surface area contributed by atoms with Gasteiger partial charge in [0.1, 0.15) is 11.6 Å². The van der Waals surface area contributed by atoms with Crippen molar-refractivity contribution in [1.82, 2.24) is 4.98 Å². The molecule has 0 saturated carbocycles. The van der Waals surface area contributed by atoms with Crippen molar-refractivity contribution in [2.75, 3.05) is 5.32 Å². The minimum absolute atomic E-state index is 0.134. The third kappa shape index (κ3) is 2.37. The van der Waals surface area contributed by atoms with E-state index in [-0.39, 0.29) is 6.04 Å². The van der Waals surface area contributed by atoms with Gasteiger partial charge in [0.2, 0.25) is 0 Å². The van der Waals surface area contributed by atoms with E-state index in [1.165, 1.54) is 5.56 Å². The third-order valence-corrected chi connectivity index (χ3v) is 2.25. The lowest BCUT2D eigenvalue weighted by molar-refractivity contribution is 0.490. The Morgan fingerprint density at radius 3 is 2.93 bits per heavy atom. The Kier molecular flexibility index (Phi) is 2.72. The SMILES string of the molecule is Cc1ccnc(NC(C)c2ccco2)c1. The quantitative estimate of drug-likeness (QED) is 0.830. The highest BCUT2D eigenvalue weighted by Gasteiger charge is 2.07. The maximum absolute atomic E-state index is 5.31. The molecule has 78 valence electrons. The van der Waals surface area contributed by atoms with Crippen molar-refractivity contribution >= 4 is 5.82 Å².